The highest BCUT2D eigenvalue weighted by molar-refractivity contribution is 8.00. The maximum absolute atomic E-state index is 11.9. The fraction of sp³-hybridized carbons (Fsp3) is 0.455. The Bertz CT molecular complexity index is 471. The number of nitrogens with zero attached hydrogens (tertiary/aromatic N) is 1. The van der Waals surface area contributed by atoms with Gasteiger partial charge in [0, 0.05) is 25.0 Å². The number of aromatic nitrogens is 1. The molecule has 0 saturated heterocycles. The minimum atomic E-state index is -4.29. The third kappa shape index (κ3) is 5.87. The maximum Gasteiger partial charge on any atom is 0.441 e. The molecule has 0 aliphatic heterocycles. The lowest BCUT2D eigenvalue weighted by atomic mass is 10.2. The van der Waals surface area contributed by atoms with Gasteiger partial charge in [0.15, 0.2) is 0 Å². The average molecular weight is 328 g/mol. The van der Waals surface area contributed by atoms with Gasteiger partial charge < -0.3 is 10.6 Å². The van der Waals surface area contributed by atoms with Gasteiger partial charge in [0.1, 0.15) is 5.82 Å². The number of hydrogen-bond donors (Lipinski definition) is 2. The topological polar surface area (TPSA) is 54.0 Å². The van der Waals surface area contributed by atoms with Crippen LogP contribution in [0.1, 0.15) is 17.3 Å². The first-order chi connectivity index (χ1) is 9.33. The number of carbonyl (C=O) groups is 1. The van der Waals surface area contributed by atoms with E-state index >= 15 is 0 Å². The summed E-state index contributed by atoms with van der Waals surface area (Å²) >= 11 is 5.73. The molecule has 0 aliphatic carbocycles. The van der Waals surface area contributed by atoms with E-state index in [9.17, 15) is 18.0 Å². The van der Waals surface area contributed by atoms with Crippen LogP contribution >= 0.6 is 23.4 Å². The van der Waals surface area contributed by atoms with E-state index in [-0.39, 0.29) is 34.6 Å². The van der Waals surface area contributed by atoms with Gasteiger partial charge in [-0.15, -0.1) is 0 Å². The Morgan fingerprint density at radius 3 is 2.75 bits per heavy atom. The minimum absolute atomic E-state index is 0.0877. The zero-order chi connectivity index (χ0) is 15.2. The lowest BCUT2D eigenvalue weighted by molar-refractivity contribution is -0.0327. The molecule has 0 fully saturated rings. The fourth-order valence-electron chi connectivity index (χ4n) is 1.29. The van der Waals surface area contributed by atoms with Crippen molar-refractivity contribution >= 4 is 35.1 Å². The zero-order valence-electron chi connectivity index (χ0n) is 10.6. The van der Waals surface area contributed by atoms with Gasteiger partial charge in [-0.2, -0.15) is 13.2 Å². The van der Waals surface area contributed by atoms with E-state index in [2.05, 4.69) is 15.6 Å². The average Bonchev–Trinajstić information content (AvgIpc) is 2.36. The summed E-state index contributed by atoms with van der Waals surface area (Å²) < 4.78 is 35.7. The molecule has 1 rings (SSSR count). The number of pyridine rings is 1. The molecular formula is C11H13ClF3N3OS. The van der Waals surface area contributed by atoms with E-state index in [4.69, 9.17) is 11.6 Å². The zero-order valence-corrected chi connectivity index (χ0v) is 12.1. The molecule has 0 bridgehead atoms. The molecule has 0 radical (unpaired) electrons. The van der Waals surface area contributed by atoms with Gasteiger partial charge in [-0.25, -0.2) is 4.98 Å². The third-order valence-corrected chi connectivity index (χ3v) is 3.12. The smallest absolute Gasteiger partial charge is 0.369 e. The first kappa shape index (κ1) is 16.9. The van der Waals surface area contributed by atoms with Crippen molar-refractivity contribution in [2.24, 2.45) is 0 Å². The van der Waals surface area contributed by atoms with Crippen LogP contribution in [0.3, 0.4) is 0 Å². The van der Waals surface area contributed by atoms with Crippen LogP contribution in [-0.2, 0) is 0 Å². The van der Waals surface area contributed by atoms with Gasteiger partial charge in [-0.3, -0.25) is 4.79 Å². The standard InChI is InChI=1S/C11H13ClF3N3OS/c1-2-16-9-8(12)5-7(6-18-9)10(19)17-3-4-20-11(13,14)15/h5-6H,2-4H2,1H3,(H,16,18)(H,17,19). The van der Waals surface area contributed by atoms with Crippen LogP contribution in [-0.4, -0.2) is 35.2 Å². The Morgan fingerprint density at radius 2 is 2.20 bits per heavy atom. The van der Waals surface area contributed by atoms with Crippen LogP contribution in [0.4, 0.5) is 19.0 Å². The molecule has 2 N–H and O–H groups in total. The molecule has 9 heteroatoms. The lowest BCUT2D eigenvalue weighted by Crippen LogP contribution is -2.26. The molecule has 112 valence electrons. The predicted octanol–water partition coefficient (Wildman–Crippen LogP) is 3.15. The molecule has 0 aromatic carbocycles. The molecule has 4 nitrogen and oxygen atoms in total. The van der Waals surface area contributed by atoms with Gasteiger partial charge in [-0.1, -0.05) is 11.6 Å². The molecule has 20 heavy (non-hydrogen) atoms. The Hall–Kier alpha value is -1.15. The van der Waals surface area contributed by atoms with Crippen LogP contribution in [0.25, 0.3) is 0 Å². The van der Waals surface area contributed by atoms with Crippen LogP contribution in [0.5, 0.6) is 0 Å². The quantitative estimate of drug-likeness (QED) is 0.788. The number of alkyl halides is 3. The summed E-state index contributed by atoms with van der Waals surface area (Å²) in [6.45, 7) is 2.42. The number of hydrogen-bond acceptors (Lipinski definition) is 4. The first-order valence-corrected chi connectivity index (χ1v) is 7.08. The number of thioether (sulfide) groups is 1. The summed E-state index contributed by atoms with van der Waals surface area (Å²) in [7, 11) is 0. The van der Waals surface area contributed by atoms with E-state index in [0.29, 0.717) is 12.4 Å². The number of nitrogens with one attached hydrogen (secondary N) is 2. The Labute approximate surface area is 123 Å². The van der Waals surface area contributed by atoms with Crippen molar-refractivity contribution in [3.8, 4) is 0 Å². The third-order valence-electron chi connectivity index (χ3n) is 2.10. The van der Waals surface area contributed by atoms with Gasteiger partial charge in [-0.05, 0) is 24.8 Å². The van der Waals surface area contributed by atoms with E-state index in [1.807, 2.05) is 6.92 Å². The van der Waals surface area contributed by atoms with Crippen molar-refractivity contribution < 1.29 is 18.0 Å². The molecule has 1 aromatic rings. The summed E-state index contributed by atoms with van der Waals surface area (Å²) in [6.07, 6.45) is 1.32. The van der Waals surface area contributed by atoms with Gasteiger partial charge in [0.2, 0.25) is 0 Å². The highest BCUT2D eigenvalue weighted by Crippen LogP contribution is 2.29. The second-order valence-electron chi connectivity index (χ2n) is 3.63. The summed E-state index contributed by atoms with van der Waals surface area (Å²) in [4.78, 5) is 15.6. The normalized spacial score (nSPS) is 11.2. The predicted molar refractivity (Wildman–Crippen MR) is 74.3 cm³/mol. The van der Waals surface area contributed by atoms with Crippen molar-refractivity contribution in [1.82, 2.24) is 10.3 Å². The number of amides is 1. The molecule has 1 aromatic heterocycles. The Morgan fingerprint density at radius 1 is 1.50 bits per heavy atom. The Balaban J connectivity index is 2.49. The summed E-state index contributed by atoms with van der Waals surface area (Å²) in [5.74, 6) is -0.296. The fourth-order valence-corrected chi connectivity index (χ4v) is 1.96. The molecule has 0 saturated carbocycles. The van der Waals surface area contributed by atoms with Crippen LogP contribution in [0, 0.1) is 0 Å². The highest BCUT2D eigenvalue weighted by atomic mass is 35.5. The maximum atomic E-state index is 11.9. The number of anilines is 1. The number of halogens is 4. The molecule has 0 aliphatic rings. The van der Waals surface area contributed by atoms with E-state index in [1.54, 1.807) is 0 Å². The Kier molecular flexibility index (Phi) is 6.41. The van der Waals surface area contributed by atoms with Crippen LogP contribution in [0.2, 0.25) is 5.02 Å². The molecule has 0 unspecified atom stereocenters. The summed E-state index contributed by atoms with van der Waals surface area (Å²) in [6, 6.07) is 1.42. The molecule has 1 amide bonds. The van der Waals surface area contributed by atoms with Gasteiger partial charge in [0.25, 0.3) is 5.91 Å². The van der Waals surface area contributed by atoms with Crippen LogP contribution < -0.4 is 10.6 Å². The second-order valence-corrected chi connectivity index (χ2v) is 5.20. The lowest BCUT2D eigenvalue weighted by Gasteiger charge is -2.09. The monoisotopic (exact) mass is 327 g/mol. The summed E-state index contributed by atoms with van der Waals surface area (Å²) in [5.41, 5.74) is -4.09. The van der Waals surface area contributed by atoms with Crippen molar-refractivity contribution in [2.45, 2.75) is 12.4 Å². The van der Waals surface area contributed by atoms with Gasteiger partial charge >= 0.3 is 5.51 Å². The molecule has 0 spiro atoms. The number of rotatable bonds is 6. The summed E-state index contributed by atoms with van der Waals surface area (Å²) in [5, 5.41) is 5.56. The van der Waals surface area contributed by atoms with E-state index in [1.165, 1.54) is 12.3 Å². The minimum Gasteiger partial charge on any atom is -0.369 e. The van der Waals surface area contributed by atoms with Crippen molar-refractivity contribution in [1.29, 1.82) is 0 Å². The number of carbonyl (C=O) groups excluding carboxylic acids is 1. The molecule has 0 atom stereocenters. The van der Waals surface area contributed by atoms with Gasteiger partial charge in [0.05, 0.1) is 10.6 Å². The SMILES string of the molecule is CCNc1ncc(C(=O)NCCSC(F)(F)F)cc1Cl. The van der Waals surface area contributed by atoms with Crippen molar-refractivity contribution in [3.05, 3.63) is 22.8 Å². The highest BCUT2D eigenvalue weighted by Gasteiger charge is 2.27. The molecular weight excluding hydrogens is 315 g/mol. The second kappa shape index (κ2) is 7.58. The largest absolute Gasteiger partial charge is 0.441 e. The van der Waals surface area contributed by atoms with Crippen LogP contribution in [0.15, 0.2) is 12.3 Å². The first-order valence-electron chi connectivity index (χ1n) is 5.71. The van der Waals surface area contributed by atoms with E-state index < -0.39 is 11.4 Å². The van der Waals surface area contributed by atoms with Crippen molar-refractivity contribution in [2.75, 3.05) is 24.2 Å². The van der Waals surface area contributed by atoms with E-state index in [0.717, 1.165) is 0 Å². The van der Waals surface area contributed by atoms with Crippen molar-refractivity contribution in [3.63, 3.8) is 0 Å². The molecule has 1 heterocycles.